The van der Waals surface area contributed by atoms with Gasteiger partial charge >= 0.3 is 0 Å². The minimum absolute atomic E-state index is 0. The zero-order chi connectivity index (χ0) is 18.6. The van der Waals surface area contributed by atoms with Crippen LogP contribution in [0.3, 0.4) is 0 Å². The number of nitrogens with one attached hydrogen (secondary N) is 2. The molecule has 0 amide bonds. The number of pyridine rings is 1. The van der Waals surface area contributed by atoms with Crippen molar-refractivity contribution in [2.75, 3.05) is 13.1 Å². The molecule has 28 heavy (non-hydrogen) atoms. The highest BCUT2D eigenvalue weighted by molar-refractivity contribution is 7.89. The first-order valence-corrected chi connectivity index (χ1v) is 10.5. The van der Waals surface area contributed by atoms with Crippen LogP contribution in [0.5, 0.6) is 0 Å². The van der Waals surface area contributed by atoms with E-state index in [0.717, 1.165) is 10.8 Å². The van der Waals surface area contributed by atoms with Crippen LogP contribution in [0.4, 0.5) is 0 Å². The maximum Gasteiger partial charge on any atom is 0.240 e. The summed E-state index contributed by atoms with van der Waals surface area (Å²) in [6.07, 6.45) is 3.32. The summed E-state index contributed by atoms with van der Waals surface area (Å²) in [5, 5.41) is 8.34. The van der Waals surface area contributed by atoms with Gasteiger partial charge in [0.15, 0.2) is 5.78 Å². The minimum atomic E-state index is -3.64. The molecule has 1 atom stereocenters. The Bertz CT molecular complexity index is 1010. The van der Waals surface area contributed by atoms with Gasteiger partial charge in [-0.05, 0) is 42.0 Å². The Morgan fingerprint density at radius 3 is 2.68 bits per heavy atom. The molecule has 0 fully saturated rings. The molecule has 3 rings (SSSR count). The van der Waals surface area contributed by atoms with E-state index >= 15 is 0 Å². The zero-order valence-electron chi connectivity index (χ0n) is 15.0. The van der Waals surface area contributed by atoms with Crippen molar-refractivity contribution in [2.24, 2.45) is 0 Å². The van der Waals surface area contributed by atoms with Crippen molar-refractivity contribution in [3.63, 3.8) is 0 Å². The van der Waals surface area contributed by atoms with Crippen LogP contribution in [0.1, 0.15) is 17.3 Å². The number of nitrogens with zero attached hydrogens (tertiary/aromatic N) is 1. The summed E-state index contributed by atoms with van der Waals surface area (Å²) in [4.78, 5) is 16.1. The first-order valence-electron chi connectivity index (χ1n) is 8.08. The van der Waals surface area contributed by atoms with E-state index in [2.05, 4.69) is 15.0 Å². The molecule has 0 unspecified atom stereocenters. The third-order valence-corrected chi connectivity index (χ3v) is 6.13. The first kappa shape index (κ1) is 24.5. The van der Waals surface area contributed by atoms with Crippen LogP contribution in [0.25, 0.3) is 10.8 Å². The molecule has 0 aliphatic heterocycles. The molecule has 0 saturated carbocycles. The lowest BCUT2D eigenvalue weighted by Gasteiger charge is -2.15. The van der Waals surface area contributed by atoms with Gasteiger partial charge in [0, 0.05) is 41.3 Å². The number of ketones is 1. The second-order valence-corrected chi connectivity index (χ2v) is 8.47. The van der Waals surface area contributed by atoms with Gasteiger partial charge in [-0.15, -0.1) is 24.8 Å². The molecule has 0 bridgehead atoms. The Hall–Kier alpha value is -1.55. The fraction of sp³-hybridized carbons (Fsp3) is 0.222. The highest BCUT2D eigenvalue weighted by atomic mass is 35.5. The highest BCUT2D eigenvalue weighted by Gasteiger charge is 2.18. The Balaban J connectivity index is 0.00000196. The minimum Gasteiger partial charge on any atom is -0.308 e. The number of carbonyl (C=O) groups is 1. The van der Waals surface area contributed by atoms with Gasteiger partial charge in [-0.3, -0.25) is 9.78 Å². The lowest BCUT2D eigenvalue weighted by atomic mass is 10.2. The van der Waals surface area contributed by atoms with Crippen molar-refractivity contribution in [1.82, 2.24) is 15.0 Å². The number of rotatable bonds is 8. The van der Waals surface area contributed by atoms with Gasteiger partial charge in [0.1, 0.15) is 0 Å². The number of hydrogen-bond donors (Lipinski definition) is 2. The lowest BCUT2D eigenvalue weighted by molar-refractivity contribution is 0.0991. The fourth-order valence-corrected chi connectivity index (χ4v) is 4.47. The second kappa shape index (κ2) is 10.8. The number of sulfonamides is 1. The van der Waals surface area contributed by atoms with Crippen molar-refractivity contribution < 1.29 is 13.2 Å². The van der Waals surface area contributed by atoms with Gasteiger partial charge in [0.25, 0.3) is 0 Å². The molecule has 0 radical (unpaired) electrons. The smallest absolute Gasteiger partial charge is 0.240 e. The summed E-state index contributed by atoms with van der Waals surface area (Å²) in [5.41, 5.74) is 0.668. The molecule has 1 aromatic carbocycles. The van der Waals surface area contributed by atoms with Crippen molar-refractivity contribution in [3.8, 4) is 0 Å². The molecule has 2 N–H and O–H groups in total. The molecule has 0 saturated heterocycles. The molecule has 2 aromatic heterocycles. The summed E-state index contributed by atoms with van der Waals surface area (Å²) >= 11 is 1.47. The summed E-state index contributed by atoms with van der Waals surface area (Å²) in [7, 11) is -3.64. The number of aromatic nitrogens is 1. The molecule has 6 nitrogen and oxygen atoms in total. The van der Waals surface area contributed by atoms with Crippen LogP contribution in [-0.4, -0.2) is 38.3 Å². The SMILES string of the molecule is C[C@H](CNCC(=O)c1ccsc1)NS(=O)(=O)c1ccc2cnccc2c1.Cl.Cl. The predicted octanol–water partition coefficient (Wildman–Crippen LogP) is 3.28. The monoisotopic (exact) mass is 461 g/mol. The summed E-state index contributed by atoms with van der Waals surface area (Å²) in [6.45, 7) is 2.28. The van der Waals surface area contributed by atoms with E-state index in [0.29, 0.717) is 12.1 Å². The number of benzene rings is 1. The van der Waals surface area contributed by atoms with E-state index in [4.69, 9.17) is 0 Å². The summed E-state index contributed by atoms with van der Waals surface area (Å²) in [5.74, 6) is -0.00977. The fourth-order valence-electron chi connectivity index (χ4n) is 2.53. The number of thiophene rings is 1. The molecular weight excluding hydrogens is 441 g/mol. The normalized spacial score (nSPS) is 12.0. The van der Waals surface area contributed by atoms with Crippen LogP contribution in [0.15, 0.2) is 58.4 Å². The molecule has 0 aliphatic rings. The van der Waals surface area contributed by atoms with Crippen LogP contribution < -0.4 is 10.0 Å². The van der Waals surface area contributed by atoms with Crippen LogP contribution in [0, 0.1) is 0 Å². The number of hydrogen-bond acceptors (Lipinski definition) is 6. The Morgan fingerprint density at radius 2 is 1.96 bits per heavy atom. The standard InChI is InChI=1S/C18H19N3O3S2.2ClH/c1-13(9-20-11-18(22)16-5-7-25-12-16)21-26(23,24)17-3-2-15-10-19-6-4-14(15)8-17;;/h2-8,10,12-13,20-21H,9,11H2,1H3;2*1H/t13-;;/m1../s1. The third kappa shape index (κ3) is 6.23. The van der Waals surface area contributed by atoms with E-state index in [-0.39, 0.29) is 48.1 Å². The second-order valence-electron chi connectivity index (χ2n) is 5.97. The van der Waals surface area contributed by atoms with Crippen LogP contribution in [-0.2, 0) is 10.0 Å². The average molecular weight is 462 g/mol. The van der Waals surface area contributed by atoms with E-state index < -0.39 is 10.0 Å². The largest absolute Gasteiger partial charge is 0.308 e. The molecule has 0 aliphatic carbocycles. The van der Waals surface area contributed by atoms with Gasteiger partial charge in [0.05, 0.1) is 11.4 Å². The maximum absolute atomic E-state index is 12.5. The quantitative estimate of drug-likeness (QED) is 0.502. The van der Waals surface area contributed by atoms with Crippen molar-refractivity contribution in [2.45, 2.75) is 17.9 Å². The van der Waals surface area contributed by atoms with Gasteiger partial charge in [0.2, 0.25) is 10.0 Å². The number of halogens is 2. The molecule has 0 spiro atoms. The van der Waals surface area contributed by atoms with Gasteiger partial charge < -0.3 is 5.32 Å². The maximum atomic E-state index is 12.5. The van der Waals surface area contributed by atoms with Gasteiger partial charge in [-0.2, -0.15) is 11.3 Å². The molecule has 152 valence electrons. The predicted molar refractivity (Wildman–Crippen MR) is 118 cm³/mol. The van der Waals surface area contributed by atoms with Crippen molar-refractivity contribution in [3.05, 3.63) is 59.0 Å². The molecule has 2 heterocycles. The van der Waals surface area contributed by atoms with Crippen molar-refractivity contribution in [1.29, 1.82) is 0 Å². The Labute approximate surface area is 180 Å². The Kier molecular flexibility index (Phi) is 9.49. The van der Waals surface area contributed by atoms with E-state index in [1.54, 1.807) is 55.0 Å². The first-order chi connectivity index (χ1) is 12.5. The Morgan fingerprint density at radius 1 is 1.18 bits per heavy atom. The topological polar surface area (TPSA) is 88.2 Å². The number of carbonyl (C=O) groups excluding carboxylic acids is 1. The molecule has 10 heteroatoms. The van der Waals surface area contributed by atoms with Gasteiger partial charge in [-0.25, -0.2) is 13.1 Å². The number of fused-ring (bicyclic) bond motifs is 1. The highest BCUT2D eigenvalue weighted by Crippen LogP contribution is 2.18. The third-order valence-electron chi connectivity index (χ3n) is 3.86. The average Bonchev–Trinajstić information content (AvgIpc) is 3.15. The van der Waals surface area contributed by atoms with Crippen LogP contribution >= 0.6 is 36.2 Å². The molecule has 3 aromatic rings. The van der Waals surface area contributed by atoms with Crippen molar-refractivity contribution >= 4 is 62.7 Å². The van der Waals surface area contributed by atoms with Crippen LogP contribution in [0.2, 0.25) is 0 Å². The van der Waals surface area contributed by atoms with E-state index in [1.807, 2.05) is 5.38 Å². The zero-order valence-corrected chi connectivity index (χ0v) is 18.3. The lowest BCUT2D eigenvalue weighted by Crippen LogP contribution is -2.41. The van der Waals surface area contributed by atoms with E-state index in [1.165, 1.54) is 11.3 Å². The molecular formula is C18H21Cl2N3O3S2. The number of Topliss-reactive ketones (excluding diaryl/α,β-unsaturated/α-hetero) is 1. The van der Waals surface area contributed by atoms with Gasteiger partial charge in [-0.1, -0.05) is 6.07 Å². The summed E-state index contributed by atoms with van der Waals surface area (Å²) < 4.78 is 27.7. The summed E-state index contributed by atoms with van der Waals surface area (Å²) in [6, 6.07) is 8.11. The van der Waals surface area contributed by atoms with E-state index in [9.17, 15) is 13.2 Å².